The number of aryl methyl sites for hydroxylation is 1. The maximum atomic E-state index is 5.51. The Bertz CT molecular complexity index is 997. The van der Waals surface area contributed by atoms with Crippen molar-refractivity contribution in [2.45, 2.75) is 44.7 Å². The third-order valence-corrected chi connectivity index (χ3v) is 6.53. The molecule has 30 heavy (non-hydrogen) atoms. The summed E-state index contributed by atoms with van der Waals surface area (Å²) in [5.41, 5.74) is 4.26. The summed E-state index contributed by atoms with van der Waals surface area (Å²) in [4.78, 5) is 20.1. The number of hydrogen-bond acceptors (Lipinski definition) is 7. The highest BCUT2D eigenvalue weighted by Gasteiger charge is 2.27. The lowest BCUT2D eigenvalue weighted by molar-refractivity contribution is 0.00791. The number of rotatable bonds is 4. The van der Waals surface area contributed by atoms with Crippen LogP contribution in [0.4, 0.5) is 5.82 Å². The molecule has 3 heterocycles. The van der Waals surface area contributed by atoms with E-state index in [0.29, 0.717) is 12.1 Å². The number of anilines is 1. The first-order chi connectivity index (χ1) is 14.8. The highest BCUT2D eigenvalue weighted by molar-refractivity contribution is 5.96. The van der Waals surface area contributed by atoms with Gasteiger partial charge in [0.1, 0.15) is 18.5 Å². The van der Waals surface area contributed by atoms with E-state index in [1.54, 1.807) is 12.7 Å². The summed E-state index contributed by atoms with van der Waals surface area (Å²) >= 11 is 0. The molecule has 0 bridgehead atoms. The van der Waals surface area contributed by atoms with Crippen LogP contribution < -0.4 is 5.32 Å². The largest absolute Gasteiger partial charge is 0.379 e. The third-order valence-electron chi connectivity index (χ3n) is 6.53. The number of hydrogen-bond donors (Lipinski definition) is 1. The molecule has 3 aromatic rings. The Morgan fingerprint density at radius 2 is 1.73 bits per heavy atom. The van der Waals surface area contributed by atoms with E-state index >= 15 is 0 Å². The highest BCUT2D eigenvalue weighted by Crippen LogP contribution is 2.33. The maximum Gasteiger partial charge on any atom is 0.137 e. The second-order valence-electron chi connectivity index (χ2n) is 8.28. The van der Waals surface area contributed by atoms with Gasteiger partial charge in [0.15, 0.2) is 0 Å². The van der Waals surface area contributed by atoms with Crippen molar-refractivity contribution in [1.29, 1.82) is 0 Å². The lowest BCUT2D eigenvalue weighted by Crippen LogP contribution is -2.46. The molecule has 1 aliphatic carbocycles. The van der Waals surface area contributed by atoms with Gasteiger partial charge in [0, 0.05) is 48.5 Å². The zero-order valence-corrected chi connectivity index (χ0v) is 17.4. The van der Waals surface area contributed by atoms with Crippen LogP contribution in [0.2, 0.25) is 0 Å². The molecule has 156 valence electrons. The topological polar surface area (TPSA) is 76.1 Å². The van der Waals surface area contributed by atoms with Gasteiger partial charge in [-0.05, 0) is 49.8 Å². The fourth-order valence-corrected chi connectivity index (χ4v) is 4.90. The number of benzene rings is 1. The summed E-state index contributed by atoms with van der Waals surface area (Å²) in [6, 6.07) is 5.30. The van der Waals surface area contributed by atoms with Gasteiger partial charge in [0.05, 0.1) is 18.7 Å². The van der Waals surface area contributed by atoms with Crippen LogP contribution in [0.1, 0.15) is 31.2 Å². The first-order valence-corrected chi connectivity index (χ1v) is 10.9. The molecule has 2 aliphatic rings. The number of ether oxygens (including phenoxy) is 1. The van der Waals surface area contributed by atoms with E-state index in [0.717, 1.165) is 59.7 Å². The average molecular weight is 405 g/mol. The van der Waals surface area contributed by atoms with Crippen LogP contribution >= 0.6 is 0 Å². The normalized spacial score (nSPS) is 22.8. The molecule has 2 aromatic heterocycles. The average Bonchev–Trinajstić information content (AvgIpc) is 2.81. The molecule has 0 amide bonds. The fourth-order valence-electron chi connectivity index (χ4n) is 4.90. The van der Waals surface area contributed by atoms with E-state index in [-0.39, 0.29) is 0 Å². The molecule has 2 fully saturated rings. The van der Waals surface area contributed by atoms with Crippen molar-refractivity contribution in [3.05, 3.63) is 42.7 Å². The highest BCUT2D eigenvalue weighted by atomic mass is 16.5. The molecule has 1 N–H and O–H groups in total. The number of aromatic nitrogens is 4. The second-order valence-corrected chi connectivity index (χ2v) is 8.28. The van der Waals surface area contributed by atoms with Crippen molar-refractivity contribution in [1.82, 2.24) is 24.8 Å². The van der Waals surface area contributed by atoms with Crippen molar-refractivity contribution in [3.63, 3.8) is 0 Å². The first-order valence-electron chi connectivity index (χ1n) is 10.9. The molecule has 1 aromatic carbocycles. The predicted octanol–water partition coefficient (Wildman–Crippen LogP) is 3.45. The van der Waals surface area contributed by atoms with E-state index in [1.165, 1.54) is 25.7 Å². The van der Waals surface area contributed by atoms with E-state index in [9.17, 15) is 0 Å². The molecule has 1 saturated heterocycles. The Balaban J connectivity index is 1.36. The summed E-state index contributed by atoms with van der Waals surface area (Å²) in [5.74, 6) is 0.936. The Labute approximate surface area is 176 Å². The first kappa shape index (κ1) is 19.3. The van der Waals surface area contributed by atoms with Crippen molar-refractivity contribution in [2.75, 3.05) is 31.6 Å². The minimum Gasteiger partial charge on any atom is -0.379 e. The summed E-state index contributed by atoms with van der Waals surface area (Å²) in [6.07, 6.45) is 11.7. The molecule has 0 spiro atoms. The molecule has 0 atom stereocenters. The quantitative estimate of drug-likeness (QED) is 0.714. The van der Waals surface area contributed by atoms with Crippen molar-refractivity contribution in [2.24, 2.45) is 0 Å². The van der Waals surface area contributed by atoms with Gasteiger partial charge in [-0.15, -0.1) is 0 Å². The standard InChI is InChI=1S/C23H28N6O/c1-16-20(17-12-24-14-25-13-17)6-7-21-22(16)23(27-15-26-21)28-18-2-4-19(5-3-18)29-8-10-30-11-9-29/h6-7,12-15,18-19H,2-5,8-11H2,1H3,(H,26,27,28)/t18-,19-. The molecule has 7 heteroatoms. The van der Waals surface area contributed by atoms with E-state index < -0.39 is 0 Å². The Hall–Kier alpha value is -2.64. The lowest BCUT2D eigenvalue weighted by Gasteiger charge is -2.39. The fraction of sp³-hybridized carbons (Fsp3) is 0.478. The molecule has 7 nitrogen and oxygen atoms in total. The van der Waals surface area contributed by atoms with Crippen LogP contribution in [0.5, 0.6) is 0 Å². The van der Waals surface area contributed by atoms with E-state index in [2.05, 4.69) is 49.2 Å². The molecule has 1 aliphatic heterocycles. The Morgan fingerprint density at radius 1 is 0.967 bits per heavy atom. The molecule has 1 saturated carbocycles. The summed E-state index contributed by atoms with van der Waals surface area (Å²) < 4.78 is 5.51. The number of nitrogens with one attached hydrogen (secondary N) is 1. The van der Waals surface area contributed by atoms with Crippen LogP contribution in [0.25, 0.3) is 22.0 Å². The lowest BCUT2D eigenvalue weighted by atomic mass is 9.89. The Morgan fingerprint density at radius 3 is 2.50 bits per heavy atom. The number of morpholine rings is 1. The van der Waals surface area contributed by atoms with Crippen LogP contribution in [-0.4, -0.2) is 63.2 Å². The zero-order valence-electron chi connectivity index (χ0n) is 17.4. The van der Waals surface area contributed by atoms with Crippen LogP contribution in [0.3, 0.4) is 0 Å². The van der Waals surface area contributed by atoms with Gasteiger partial charge < -0.3 is 10.1 Å². The molecule has 0 unspecified atom stereocenters. The van der Waals surface area contributed by atoms with Crippen molar-refractivity contribution in [3.8, 4) is 11.1 Å². The van der Waals surface area contributed by atoms with Crippen molar-refractivity contribution < 1.29 is 4.74 Å². The van der Waals surface area contributed by atoms with E-state index in [1.807, 2.05) is 12.4 Å². The summed E-state index contributed by atoms with van der Waals surface area (Å²) in [7, 11) is 0. The minimum atomic E-state index is 0.448. The van der Waals surface area contributed by atoms with Gasteiger partial charge in [-0.1, -0.05) is 6.07 Å². The van der Waals surface area contributed by atoms with Gasteiger partial charge in [-0.25, -0.2) is 19.9 Å². The van der Waals surface area contributed by atoms with Gasteiger partial charge in [-0.3, -0.25) is 4.90 Å². The third kappa shape index (κ3) is 3.87. The maximum absolute atomic E-state index is 5.51. The number of nitrogens with zero attached hydrogens (tertiary/aromatic N) is 5. The van der Waals surface area contributed by atoms with Gasteiger partial charge >= 0.3 is 0 Å². The molecule has 0 radical (unpaired) electrons. The monoisotopic (exact) mass is 404 g/mol. The second kappa shape index (κ2) is 8.62. The van der Waals surface area contributed by atoms with Crippen LogP contribution in [-0.2, 0) is 4.74 Å². The molecular weight excluding hydrogens is 376 g/mol. The SMILES string of the molecule is Cc1c(-c2cncnc2)ccc2ncnc(N[C@H]3CC[C@H](N4CCOCC4)CC3)c12. The van der Waals surface area contributed by atoms with Gasteiger partial charge in [0.2, 0.25) is 0 Å². The van der Waals surface area contributed by atoms with Crippen LogP contribution in [0.15, 0.2) is 37.2 Å². The smallest absolute Gasteiger partial charge is 0.137 e. The van der Waals surface area contributed by atoms with E-state index in [4.69, 9.17) is 4.74 Å². The van der Waals surface area contributed by atoms with Gasteiger partial charge in [0.25, 0.3) is 0 Å². The summed E-state index contributed by atoms with van der Waals surface area (Å²) in [5, 5.41) is 4.83. The van der Waals surface area contributed by atoms with Crippen molar-refractivity contribution >= 4 is 16.7 Å². The zero-order chi connectivity index (χ0) is 20.3. The molecule has 5 rings (SSSR count). The minimum absolute atomic E-state index is 0.448. The van der Waals surface area contributed by atoms with Gasteiger partial charge in [-0.2, -0.15) is 0 Å². The number of fused-ring (bicyclic) bond motifs is 1. The summed E-state index contributed by atoms with van der Waals surface area (Å²) in [6.45, 7) is 6.03. The van der Waals surface area contributed by atoms with Crippen LogP contribution in [0, 0.1) is 6.92 Å². The molecular formula is C23H28N6O. The predicted molar refractivity (Wildman–Crippen MR) is 117 cm³/mol. The Kier molecular flexibility index (Phi) is 5.55.